The molecule has 1 aliphatic rings. The molecule has 1 aromatic carbocycles. The lowest BCUT2D eigenvalue weighted by molar-refractivity contribution is -0.118. The van der Waals surface area contributed by atoms with Gasteiger partial charge in [0, 0.05) is 17.4 Å². The lowest BCUT2D eigenvalue weighted by atomic mass is 10.2. The Labute approximate surface area is 120 Å². The Morgan fingerprint density at radius 3 is 3.15 bits per heavy atom. The minimum Gasteiger partial charge on any atom is -0.482 e. The smallest absolute Gasteiger partial charge is 0.262 e. The molecule has 0 saturated carbocycles. The van der Waals surface area contributed by atoms with Crippen LogP contribution in [0.25, 0.3) is 0 Å². The van der Waals surface area contributed by atoms with Crippen molar-refractivity contribution >= 4 is 34.7 Å². The molecule has 0 atom stereocenters. The number of anilines is 3. The van der Waals surface area contributed by atoms with Crippen LogP contribution in [-0.4, -0.2) is 22.5 Å². The zero-order valence-electron chi connectivity index (χ0n) is 10.6. The van der Waals surface area contributed by atoms with E-state index < -0.39 is 0 Å². The van der Waals surface area contributed by atoms with Crippen molar-refractivity contribution in [3.05, 3.63) is 35.2 Å². The van der Waals surface area contributed by atoms with E-state index >= 15 is 0 Å². The van der Waals surface area contributed by atoms with E-state index in [1.54, 1.807) is 18.3 Å². The molecular weight excluding hydrogens is 280 g/mol. The predicted molar refractivity (Wildman–Crippen MR) is 75.6 cm³/mol. The van der Waals surface area contributed by atoms with E-state index in [4.69, 9.17) is 16.3 Å². The summed E-state index contributed by atoms with van der Waals surface area (Å²) in [6.07, 6.45) is 1.64. The minimum atomic E-state index is -0.170. The van der Waals surface area contributed by atoms with Gasteiger partial charge in [0.05, 0.1) is 5.69 Å². The summed E-state index contributed by atoms with van der Waals surface area (Å²) in [5.74, 6) is 1.09. The van der Waals surface area contributed by atoms with Crippen molar-refractivity contribution in [1.82, 2.24) is 9.97 Å². The number of benzene rings is 1. The minimum absolute atomic E-state index is 0.0421. The van der Waals surface area contributed by atoms with Crippen molar-refractivity contribution < 1.29 is 9.53 Å². The monoisotopic (exact) mass is 290 g/mol. The van der Waals surface area contributed by atoms with E-state index in [1.807, 2.05) is 13.0 Å². The Morgan fingerprint density at radius 1 is 1.45 bits per heavy atom. The average molecular weight is 291 g/mol. The molecule has 20 heavy (non-hydrogen) atoms. The molecule has 2 heterocycles. The molecular formula is C13H11ClN4O2. The fraction of sp³-hybridized carbons (Fsp3) is 0.154. The van der Waals surface area contributed by atoms with E-state index in [9.17, 15) is 4.79 Å². The third-order valence-electron chi connectivity index (χ3n) is 2.82. The average Bonchev–Trinajstić information content (AvgIpc) is 2.42. The third-order valence-corrected chi connectivity index (χ3v) is 3.00. The van der Waals surface area contributed by atoms with Crippen molar-refractivity contribution in [3.63, 3.8) is 0 Å². The van der Waals surface area contributed by atoms with Gasteiger partial charge in [0.2, 0.25) is 5.28 Å². The number of hydrogen-bond acceptors (Lipinski definition) is 5. The first-order valence-corrected chi connectivity index (χ1v) is 6.32. The quantitative estimate of drug-likeness (QED) is 0.831. The first kappa shape index (κ1) is 12.7. The van der Waals surface area contributed by atoms with Crippen molar-refractivity contribution in [1.29, 1.82) is 0 Å². The van der Waals surface area contributed by atoms with E-state index in [0.29, 0.717) is 17.3 Å². The van der Waals surface area contributed by atoms with Gasteiger partial charge in [-0.3, -0.25) is 4.79 Å². The molecule has 1 aliphatic heterocycles. The molecule has 0 saturated heterocycles. The summed E-state index contributed by atoms with van der Waals surface area (Å²) in [6.45, 7) is 1.92. The topological polar surface area (TPSA) is 76.1 Å². The number of fused-ring (bicyclic) bond motifs is 1. The van der Waals surface area contributed by atoms with Gasteiger partial charge in [0.1, 0.15) is 11.6 Å². The van der Waals surface area contributed by atoms with Crippen LogP contribution in [0.5, 0.6) is 5.75 Å². The third kappa shape index (κ3) is 2.50. The molecule has 6 nitrogen and oxygen atoms in total. The van der Waals surface area contributed by atoms with Gasteiger partial charge in [0.15, 0.2) is 6.61 Å². The number of carbonyl (C=O) groups is 1. The van der Waals surface area contributed by atoms with Crippen LogP contribution in [0.15, 0.2) is 24.4 Å². The molecule has 1 aromatic heterocycles. The Bertz CT molecular complexity index is 690. The second-order valence-electron chi connectivity index (χ2n) is 4.34. The van der Waals surface area contributed by atoms with Crippen molar-refractivity contribution in [2.75, 3.05) is 17.2 Å². The Morgan fingerprint density at radius 2 is 2.30 bits per heavy atom. The van der Waals surface area contributed by atoms with Gasteiger partial charge < -0.3 is 15.4 Å². The lowest BCUT2D eigenvalue weighted by Gasteiger charge is -2.19. The number of ether oxygens (including phenoxy) is 1. The largest absolute Gasteiger partial charge is 0.482 e. The van der Waals surface area contributed by atoms with Crippen LogP contribution in [0.4, 0.5) is 17.2 Å². The van der Waals surface area contributed by atoms with Crippen molar-refractivity contribution in [2.45, 2.75) is 6.92 Å². The maximum Gasteiger partial charge on any atom is 0.262 e. The Kier molecular flexibility index (Phi) is 3.15. The Balaban J connectivity index is 1.90. The highest BCUT2D eigenvalue weighted by atomic mass is 35.5. The molecule has 1 amide bonds. The molecule has 0 bridgehead atoms. The van der Waals surface area contributed by atoms with Crippen LogP contribution in [0.2, 0.25) is 5.28 Å². The number of amides is 1. The molecule has 3 rings (SSSR count). The molecule has 0 radical (unpaired) electrons. The van der Waals surface area contributed by atoms with Gasteiger partial charge >= 0.3 is 0 Å². The van der Waals surface area contributed by atoms with E-state index in [-0.39, 0.29) is 17.8 Å². The molecule has 102 valence electrons. The van der Waals surface area contributed by atoms with Crippen LogP contribution in [0.1, 0.15) is 5.56 Å². The highest BCUT2D eigenvalue weighted by Gasteiger charge is 2.16. The molecule has 0 aliphatic carbocycles. The van der Waals surface area contributed by atoms with Gasteiger partial charge in [0.25, 0.3) is 5.91 Å². The second kappa shape index (κ2) is 4.97. The van der Waals surface area contributed by atoms with E-state index in [0.717, 1.165) is 11.3 Å². The van der Waals surface area contributed by atoms with Crippen LogP contribution in [0, 0.1) is 6.92 Å². The van der Waals surface area contributed by atoms with Gasteiger partial charge in [-0.1, -0.05) is 0 Å². The number of halogens is 1. The number of hydrogen-bond donors (Lipinski definition) is 2. The number of carbonyl (C=O) groups excluding carboxylic acids is 1. The fourth-order valence-electron chi connectivity index (χ4n) is 1.84. The summed E-state index contributed by atoms with van der Waals surface area (Å²) in [5.41, 5.74) is 2.27. The molecule has 0 spiro atoms. The van der Waals surface area contributed by atoms with Crippen molar-refractivity contribution in [3.8, 4) is 5.75 Å². The van der Waals surface area contributed by atoms with Gasteiger partial charge in [-0.2, -0.15) is 0 Å². The first-order valence-electron chi connectivity index (χ1n) is 5.95. The molecule has 0 unspecified atom stereocenters. The maximum absolute atomic E-state index is 11.3. The zero-order chi connectivity index (χ0) is 14.1. The maximum atomic E-state index is 11.3. The Hall–Kier alpha value is -2.34. The second-order valence-corrected chi connectivity index (χ2v) is 4.68. The van der Waals surface area contributed by atoms with Crippen LogP contribution in [-0.2, 0) is 4.79 Å². The summed E-state index contributed by atoms with van der Waals surface area (Å²) in [5, 5.41) is 6.06. The number of rotatable bonds is 2. The highest BCUT2D eigenvalue weighted by molar-refractivity contribution is 6.28. The van der Waals surface area contributed by atoms with Gasteiger partial charge in [-0.15, -0.1) is 0 Å². The first-order chi connectivity index (χ1) is 9.61. The van der Waals surface area contributed by atoms with Crippen LogP contribution >= 0.6 is 11.6 Å². The van der Waals surface area contributed by atoms with Gasteiger partial charge in [-0.25, -0.2) is 9.97 Å². The summed E-state index contributed by atoms with van der Waals surface area (Å²) in [6, 6.07) is 5.41. The normalized spacial score (nSPS) is 13.2. The molecule has 7 heteroatoms. The number of aryl methyl sites for hydroxylation is 1. The zero-order valence-corrected chi connectivity index (χ0v) is 11.4. The van der Waals surface area contributed by atoms with E-state index in [1.165, 1.54) is 0 Å². The summed E-state index contributed by atoms with van der Waals surface area (Å²) >= 11 is 5.78. The summed E-state index contributed by atoms with van der Waals surface area (Å²) < 4.78 is 5.30. The van der Waals surface area contributed by atoms with Crippen LogP contribution < -0.4 is 15.4 Å². The number of aromatic nitrogens is 2. The predicted octanol–water partition coefficient (Wildman–Crippen LogP) is 2.51. The SMILES string of the molecule is Cc1cnc(Cl)nc1Nc1ccc2c(c1)NC(=O)CO2. The summed E-state index contributed by atoms with van der Waals surface area (Å²) in [7, 11) is 0. The van der Waals surface area contributed by atoms with Crippen LogP contribution in [0.3, 0.4) is 0 Å². The standard InChI is InChI=1S/C13H11ClN4O2/c1-7-5-15-13(14)18-12(7)16-8-2-3-10-9(4-8)17-11(19)6-20-10/h2-5H,6H2,1H3,(H,17,19)(H,15,16,18). The number of nitrogens with zero attached hydrogens (tertiary/aromatic N) is 2. The van der Waals surface area contributed by atoms with Crippen molar-refractivity contribution in [2.24, 2.45) is 0 Å². The fourth-order valence-corrected chi connectivity index (χ4v) is 1.98. The highest BCUT2D eigenvalue weighted by Crippen LogP contribution is 2.31. The van der Waals surface area contributed by atoms with Gasteiger partial charge in [-0.05, 0) is 36.7 Å². The molecule has 2 aromatic rings. The van der Waals surface area contributed by atoms with E-state index in [2.05, 4.69) is 20.6 Å². The molecule has 0 fully saturated rings. The molecule has 2 N–H and O–H groups in total. The summed E-state index contributed by atoms with van der Waals surface area (Å²) in [4.78, 5) is 19.3. The number of nitrogens with one attached hydrogen (secondary N) is 2. The lowest BCUT2D eigenvalue weighted by Crippen LogP contribution is -2.25.